The predicted octanol–water partition coefficient (Wildman–Crippen LogP) is 2.54. The van der Waals surface area contributed by atoms with E-state index < -0.39 is 0 Å². The monoisotopic (exact) mass is 287 g/mol. The van der Waals surface area contributed by atoms with Crippen molar-refractivity contribution in [3.8, 4) is 0 Å². The number of aromatic nitrogens is 1. The van der Waals surface area contributed by atoms with E-state index in [1.165, 1.54) is 12.1 Å². The molecule has 1 heterocycles. The molecule has 5 heteroatoms. The number of aryl methyl sites for hydroxylation is 1. The molecule has 2 N–H and O–H groups in total. The second kappa shape index (κ2) is 6.83. The second-order valence-corrected chi connectivity index (χ2v) is 4.77. The topological polar surface area (TPSA) is 54.0 Å². The summed E-state index contributed by atoms with van der Waals surface area (Å²) in [6, 6.07) is 9.81. The smallest absolute Gasteiger partial charge is 0.251 e. The minimum Gasteiger partial charge on any atom is -0.373 e. The Morgan fingerprint density at radius 3 is 2.81 bits per heavy atom. The van der Waals surface area contributed by atoms with Crippen LogP contribution in [0, 0.1) is 12.7 Å². The number of anilines is 1. The fourth-order valence-electron chi connectivity index (χ4n) is 2.04. The van der Waals surface area contributed by atoms with Crippen molar-refractivity contribution in [2.75, 3.05) is 18.9 Å². The third-order valence-corrected chi connectivity index (χ3v) is 3.06. The largest absolute Gasteiger partial charge is 0.373 e. The highest BCUT2D eigenvalue weighted by atomic mass is 19.1. The van der Waals surface area contributed by atoms with Crippen LogP contribution in [0.2, 0.25) is 0 Å². The normalized spacial score (nSPS) is 10.2. The van der Waals surface area contributed by atoms with Gasteiger partial charge in [-0.1, -0.05) is 12.1 Å². The lowest BCUT2D eigenvalue weighted by molar-refractivity contribution is 0.0954. The van der Waals surface area contributed by atoms with Gasteiger partial charge in [0.25, 0.3) is 5.91 Å². The van der Waals surface area contributed by atoms with Gasteiger partial charge in [0.1, 0.15) is 11.6 Å². The molecule has 0 aliphatic rings. The van der Waals surface area contributed by atoms with E-state index in [1.807, 2.05) is 13.0 Å². The van der Waals surface area contributed by atoms with E-state index in [0.717, 1.165) is 11.3 Å². The number of hydrogen-bond acceptors (Lipinski definition) is 3. The Kier molecular flexibility index (Phi) is 4.87. The molecule has 4 nitrogen and oxygen atoms in total. The molecule has 0 spiro atoms. The number of benzene rings is 1. The van der Waals surface area contributed by atoms with Crippen LogP contribution in [0.5, 0.6) is 0 Å². The van der Waals surface area contributed by atoms with E-state index in [1.54, 1.807) is 25.2 Å². The van der Waals surface area contributed by atoms with Gasteiger partial charge in [0.2, 0.25) is 0 Å². The van der Waals surface area contributed by atoms with Crippen molar-refractivity contribution >= 4 is 11.7 Å². The van der Waals surface area contributed by atoms with Crippen molar-refractivity contribution in [3.63, 3.8) is 0 Å². The van der Waals surface area contributed by atoms with Gasteiger partial charge in [-0.3, -0.25) is 4.79 Å². The van der Waals surface area contributed by atoms with E-state index in [0.29, 0.717) is 24.3 Å². The molecule has 0 aliphatic heterocycles. The number of nitrogens with zero attached hydrogens (tertiary/aromatic N) is 1. The molecule has 1 aromatic carbocycles. The lowest BCUT2D eigenvalue weighted by Gasteiger charge is -2.08. The number of hydrogen-bond donors (Lipinski definition) is 2. The van der Waals surface area contributed by atoms with Crippen LogP contribution >= 0.6 is 0 Å². The predicted molar refractivity (Wildman–Crippen MR) is 81.0 cm³/mol. The van der Waals surface area contributed by atoms with Crippen molar-refractivity contribution < 1.29 is 9.18 Å². The van der Waals surface area contributed by atoms with Gasteiger partial charge in [0.15, 0.2) is 0 Å². The Bertz CT molecular complexity index is 643. The zero-order valence-corrected chi connectivity index (χ0v) is 12.1. The summed E-state index contributed by atoms with van der Waals surface area (Å²) in [6.07, 6.45) is 0.590. The summed E-state index contributed by atoms with van der Waals surface area (Å²) < 4.78 is 13.0. The maximum absolute atomic E-state index is 13.0. The van der Waals surface area contributed by atoms with Gasteiger partial charge in [0.05, 0.1) is 0 Å². The molecule has 0 saturated carbocycles. The average Bonchev–Trinajstić information content (AvgIpc) is 2.46. The van der Waals surface area contributed by atoms with Crippen molar-refractivity contribution in [2.24, 2.45) is 0 Å². The third-order valence-electron chi connectivity index (χ3n) is 3.06. The average molecular weight is 287 g/mol. The van der Waals surface area contributed by atoms with Gasteiger partial charge >= 0.3 is 0 Å². The Balaban J connectivity index is 1.94. The molecule has 0 bridgehead atoms. The fraction of sp³-hybridized carbons (Fsp3) is 0.250. The summed E-state index contributed by atoms with van der Waals surface area (Å²) >= 11 is 0. The standard InChI is InChI=1S/C16H18FN3O/c1-11-8-13(10-15(18-2)20-11)16(21)19-7-6-12-4-3-5-14(17)9-12/h3-5,8-10H,6-7H2,1-2H3,(H,18,20)(H,19,21). The number of carbonyl (C=O) groups excluding carboxylic acids is 1. The Hall–Kier alpha value is -2.43. The van der Waals surface area contributed by atoms with Crippen LogP contribution in [0.1, 0.15) is 21.6 Å². The second-order valence-electron chi connectivity index (χ2n) is 4.77. The summed E-state index contributed by atoms with van der Waals surface area (Å²) in [5, 5.41) is 5.75. The van der Waals surface area contributed by atoms with Gasteiger partial charge in [-0.25, -0.2) is 9.37 Å². The first-order chi connectivity index (χ1) is 10.1. The quantitative estimate of drug-likeness (QED) is 0.888. The molecule has 110 valence electrons. The van der Waals surface area contributed by atoms with Crippen LogP contribution in [0.4, 0.5) is 10.2 Å². The van der Waals surface area contributed by atoms with Gasteiger partial charge in [0, 0.05) is 24.8 Å². The lowest BCUT2D eigenvalue weighted by Crippen LogP contribution is -2.26. The zero-order chi connectivity index (χ0) is 15.2. The first-order valence-electron chi connectivity index (χ1n) is 6.77. The molecule has 0 unspecified atom stereocenters. The van der Waals surface area contributed by atoms with Crippen LogP contribution in [0.3, 0.4) is 0 Å². The van der Waals surface area contributed by atoms with E-state index >= 15 is 0 Å². The first-order valence-corrected chi connectivity index (χ1v) is 6.77. The highest BCUT2D eigenvalue weighted by molar-refractivity contribution is 5.95. The molecule has 1 aromatic heterocycles. The molecule has 0 saturated heterocycles. The molecule has 1 amide bonds. The van der Waals surface area contributed by atoms with Crippen molar-refractivity contribution in [1.29, 1.82) is 0 Å². The summed E-state index contributed by atoms with van der Waals surface area (Å²) in [5.74, 6) is 0.237. The Morgan fingerprint density at radius 2 is 2.10 bits per heavy atom. The molecular formula is C16H18FN3O. The van der Waals surface area contributed by atoms with Gasteiger partial charge in [-0.15, -0.1) is 0 Å². The van der Waals surface area contributed by atoms with Crippen molar-refractivity contribution in [1.82, 2.24) is 10.3 Å². The third kappa shape index (κ3) is 4.27. The summed E-state index contributed by atoms with van der Waals surface area (Å²) in [7, 11) is 1.76. The summed E-state index contributed by atoms with van der Waals surface area (Å²) in [6.45, 7) is 2.29. The number of amides is 1. The molecular weight excluding hydrogens is 269 g/mol. The van der Waals surface area contributed by atoms with E-state index in [4.69, 9.17) is 0 Å². The van der Waals surface area contributed by atoms with E-state index in [2.05, 4.69) is 15.6 Å². The highest BCUT2D eigenvalue weighted by Gasteiger charge is 2.07. The zero-order valence-electron chi connectivity index (χ0n) is 12.1. The van der Waals surface area contributed by atoms with E-state index in [9.17, 15) is 9.18 Å². The summed E-state index contributed by atoms with van der Waals surface area (Å²) in [5.41, 5.74) is 2.19. The molecule has 21 heavy (non-hydrogen) atoms. The van der Waals surface area contributed by atoms with Crippen LogP contribution in [-0.4, -0.2) is 24.5 Å². The van der Waals surface area contributed by atoms with Crippen LogP contribution < -0.4 is 10.6 Å². The van der Waals surface area contributed by atoms with Gasteiger partial charge < -0.3 is 10.6 Å². The van der Waals surface area contributed by atoms with Crippen LogP contribution in [-0.2, 0) is 6.42 Å². The lowest BCUT2D eigenvalue weighted by atomic mass is 10.1. The number of halogens is 1. The molecule has 0 aliphatic carbocycles. The molecule has 2 rings (SSSR count). The Morgan fingerprint density at radius 1 is 1.29 bits per heavy atom. The van der Waals surface area contributed by atoms with Crippen LogP contribution in [0.25, 0.3) is 0 Å². The maximum atomic E-state index is 13.0. The van der Waals surface area contributed by atoms with Crippen LogP contribution in [0.15, 0.2) is 36.4 Å². The number of pyridine rings is 1. The number of nitrogens with one attached hydrogen (secondary N) is 2. The van der Waals surface area contributed by atoms with Gasteiger partial charge in [-0.05, 0) is 43.2 Å². The molecule has 0 atom stereocenters. The SMILES string of the molecule is CNc1cc(C(=O)NCCc2cccc(F)c2)cc(C)n1. The van der Waals surface area contributed by atoms with Crippen molar-refractivity contribution in [3.05, 3.63) is 59.0 Å². The van der Waals surface area contributed by atoms with Crippen molar-refractivity contribution in [2.45, 2.75) is 13.3 Å². The minimum atomic E-state index is -0.262. The van der Waals surface area contributed by atoms with E-state index in [-0.39, 0.29) is 11.7 Å². The first kappa shape index (κ1) is 15.0. The number of carbonyl (C=O) groups is 1. The fourth-order valence-corrected chi connectivity index (χ4v) is 2.04. The maximum Gasteiger partial charge on any atom is 0.251 e. The molecule has 0 radical (unpaired) electrons. The highest BCUT2D eigenvalue weighted by Crippen LogP contribution is 2.09. The molecule has 0 fully saturated rings. The minimum absolute atomic E-state index is 0.159. The number of rotatable bonds is 5. The summed E-state index contributed by atoms with van der Waals surface area (Å²) in [4.78, 5) is 16.3. The van der Waals surface area contributed by atoms with Gasteiger partial charge in [-0.2, -0.15) is 0 Å². The Labute approximate surface area is 123 Å². The molecule has 2 aromatic rings.